The molecular formula is C27H43N3O3. The molecule has 0 heterocycles. The molecule has 0 bridgehead atoms. The van der Waals surface area contributed by atoms with Crippen molar-refractivity contribution in [1.29, 1.82) is 0 Å². The molecule has 1 rings (SSSR count). The number of likely N-dealkylation sites (N-methyl/N-ethyl adjacent to an activating group) is 2. The van der Waals surface area contributed by atoms with E-state index in [2.05, 4.69) is 10.6 Å². The molecule has 6 heteroatoms. The molecule has 0 fully saturated rings. The number of hydrogen-bond acceptors (Lipinski definition) is 4. The normalized spacial score (nSPS) is 15.5. The Bertz CT molecular complexity index is 838. The van der Waals surface area contributed by atoms with Gasteiger partial charge in [0.1, 0.15) is 12.3 Å². The zero-order valence-corrected chi connectivity index (χ0v) is 22.0. The summed E-state index contributed by atoms with van der Waals surface area (Å²) in [4.78, 5) is 40.0. The summed E-state index contributed by atoms with van der Waals surface area (Å²) in [6, 6.07) is 8.34. The first-order valence-corrected chi connectivity index (χ1v) is 11.6. The van der Waals surface area contributed by atoms with Gasteiger partial charge in [0.2, 0.25) is 11.8 Å². The fourth-order valence-corrected chi connectivity index (χ4v) is 4.14. The first-order chi connectivity index (χ1) is 15.2. The van der Waals surface area contributed by atoms with Gasteiger partial charge < -0.3 is 15.5 Å². The lowest BCUT2D eigenvalue weighted by Gasteiger charge is -2.39. The molecule has 0 aliphatic heterocycles. The number of hydrogen-bond donors (Lipinski definition) is 2. The molecular weight excluding hydrogens is 414 g/mol. The van der Waals surface area contributed by atoms with E-state index in [1.165, 1.54) is 0 Å². The quantitative estimate of drug-likeness (QED) is 0.415. The number of nitrogens with zero attached hydrogens (tertiary/aromatic N) is 1. The third-order valence-electron chi connectivity index (χ3n) is 6.29. The molecule has 0 unspecified atom stereocenters. The van der Waals surface area contributed by atoms with Crippen LogP contribution >= 0.6 is 0 Å². The van der Waals surface area contributed by atoms with Gasteiger partial charge in [0.25, 0.3) is 0 Å². The monoisotopic (exact) mass is 457 g/mol. The van der Waals surface area contributed by atoms with Crippen LogP contribution in [-0.2, 0) is 19.8 Å². The van der Waals surface area contributed by atoms with Crippen LogP contribution in [0.4, 0.5) is 0 Å². The van der Waals surface area contributed by atoms with E-state index in [4.69, 9.17) is 0 Å². The van der Waals surface area contributed by atoms with E-state index in [1.54, 1.807) is 25.9 Å². The van der Waals surface area contributed by atoms with Gasteiger partial charge in [-0.1, -0.05) is 84.9 Å². The summed E-state index contributed by atoms with van der Waals surface area (Å²) in [6.07, 6.45) is 2.60. The molecule has 3 atom stereocenters. The van der Waals surface area contributed by atoms with E-state index in [-0.39, 0.29) is 23.8 Å². The highest BCUT2D eigenvalue weighted by Crippen LogP contribution is 2.29. The van der Waals surface area contributed by atoms with Crippen LogP contribution in [0.15, 0.2) is 42.0 Å². The first kappa shape index (κ1) is 28.6. The van der Waals surface area contributed by atoms with Crippen molar-refractivity contribution in [3.05, 3.63) is 47.5 Å². The van der Waals surface area contributed by atoms with Crippen LogP contribution in [0.5, 0.6) is 0 Å². The molecule has 1 aromatic carbocycles. The Balaban J connectivity index is 3.27. The van der Waals surface area contributed by atoms with Crippen molar-refractivity contribution in [2.24, 2.45) is 11.3 Å². The fourth-order valence-electron chi connectivity index (χ4n) is 4.14. The molecule has 0 spiro atoms. The van der Waals surface area contributed by atoms with Crippen LogP contribution in [0.25, 0.3) is 0 Å². The van der Waals surface area contributed by atoms with E-state index >= 15 is 0 Å². The van der Waals surface area contributed by atoms with E-state index < -0.39 is 22.9 Å². The van der Waals surface area contributed by atoms with Crippen LogP contribution in [0, 0.1) is 11.3 Å². The second-order valence-corrected chi connectivity index (χ2v) is 10.8. The summed E-state index contributed by atoms with van der Waals surface area (Å²) in [5, 5.41) is 6.20. The van der Waals surface area contributed by atoms with Crippen LogP contribution in [-0.4, -0.2) is 55.2 Å². The number of nitrogens with one attached hydrogen (secondary N) is 2. The zero-order chi connectivity index (χ0) is 25.6. The largest absolute Gasteiger partial charge is 0.342 e. The number of carbonyl (C=O) groups is 3. The van der Waals surface area contributed by atoms with Crippen LogP contribution in [0.2, 0.25) is 0 Å². The lowest BCUT2D eigenvalue weighted by atomic mass is 9.76. The highest BCUT2D eigenvalue weighted by atomic mass is 16.2. The molecule has 0 aromatic heterocycles. The minimum absolute atomic E-state index is 0.104. The number of benzene rings is 1. The Morgan fingerprint density at radius 2 is 1.55 bits per heavy atom. The van der Waals surface area contributed by atoms with Crippen molar-refractivity contribution in [1.82, 2.24) is 15.5 Å². The average molecular weight is 458 g/mol. The summed E-state index contributed by atoms with van der Waals surface area (Å²) in [5.74, 6) is -0.308. The summed E-state index contributed by atoms with van der Waals surface area (Å²) in [5.41, 5.74) is 0.595. The van der Waals surface area contributed by atoms with Gasteiger partial charge in [-0.05, 0) is 36.4 Å². The van der Waals surface area contributed by atoms with Crippen molar-refractivity contribution >= 4 is 18.1 Å². The van der Waals surface area contributed by atoms with Crippen molar-refractivity contribution in [3.8, 4) is 0 Å². The van der Waals surface area contributed by atoms with Crippen molar-refractivity contribution in [3.63, 3.8) is 0 Å². The Morgan fingerprint density at radius 1 is 1.00 bits per heavy atom. The van der Waals surface area contributed by atoms with Gasteiger partial charge in [-0.3, -0.25) is 14.4 Å². The maximum Gasteiger partial charge on any atom is 0.245 e. The summed E-state index contributed by atoms with van der Waals surface area (Å²) in [6.45, 7) is 15.6. The van der Waals surface area contributed by atoms with Gasteiger partial charge in [-0.2, -0.15) is 0 Å². The van der Waals surface area contributed by atoms with Gasteiger partial charge >= 0.3 is 0 Å². The second-order valence-electron chi connectivity index (χ2n) is 10.8. The number of amides is 2. The topological polar surface area (TPSA) is 78.5 Å². The predicted molar refractivity (Wildman–Crippen MR) is 135 cm³/mol. The minimum atomic E-state index is -0.733. The standard InChI is InChI=1S/C27H43N3O3/c1-18(2)21(16-19(3)17-31)30(10)25(33)23(26(4,5)6)29-24(32)22(28-9)27(7,8)20-14-12-11-13-15-20/h11-18,21-23,28H,1-10H3,(H,29,32)/t21-,22-,23-/m1/s1. The Kier molecular flexibility index (Phi) is 10.0. The maximum atomic E-state index is 13.6. The molecule has 0 saturated heterocycles. The van der Waals surface area contributed by atoms with Gasteiger partial charge in [0.15, 0.2) is 0 Å². The second kappa shape index (κ2) is 11.6. The van der Waals surface area contributed by atoms with E-state index in [0.29, 0.717) is 5.57 Å². The molecule has 33 heavy (non-hydrogen) atoms. The van der Waals surface area contributed by atoms with Crippen molar-refractivity contribution < 1.29 is 14.4 Å². The smallest absolute Gasteiger partial charge is 0.245 e. The highest BCUT2D eigenvalue weighted by molar-refractivity contribution is 5.91. The molecule has 0 aliphatic rings. The minimum Gasteiger partial charge on any atom is -0.342 e. The van der Waals surface area contributed by atoms with Gasteiger partial charge in [0.05, 0.1) is 12.1 Å². The molecule has 2 N–H and O–H groups in total. The number of aldehydes is 1. The van der Waals surface area contributed by atoms with E-state index in [0.717, 1.165) is 11.8 Å². The molecule has 0 saturated carbocycles. The number of rotatable bonds is 10. The summed E-state index contributed by atoms with van der Waals surface area (Å²) in [7, 11) is 3.49. The van der Waals surface area contributed by atoms with Gasteiger partial charge in [-0.15, -0.1) is 0 Å². The van der Waals surface area contributed by atoms with Crippen LogP contribution < -0.4 is 10.6 Å². The van der Waals surface area contributed by atoms with Crippen molar-refractivity contribution in [2.75, 3.05) is 14.1 Å². The molecule has 1 aromatic rings. The average Bonchev–Trinajstić information content (AvgIpc) is 2.74. The zero-order valence-electron chi connectivity index (χ0n) is 22.0. The summed E-state index contributed by atoms with van der Waals surface area (Å²) >= 11 is 0. The molecule has 6 nitrogen and oxygen atoms in total. The third-order valence-corrected chi connectivity index (χ3v) is 6.29. The molecule has 184 valence electrons. The highest BCUT2D eigenvalue weighted by Gasteiger charge is 2.41. The van der Waals surface area contributed by atoms with Gasteiger partial charge in [0, 0.05) is 12.5 Å². The third kappa shape index (κ3) is 7.26. The lowest BCUT2D eigenvalue weighted by Crippen LogP contribution is -2.61. The maximum absolute atomic E-state index is 13.6. The molecule has 0 radical (unpaired) electrons. The predicted octanol–water partition coefficient (Wildman–Crippen LogP) is 3.71. The van der Waals surface area contributed by atoms with E-state index in [1.807, 2.05) is 84.9 Å². The van der Waals surface area contributed by atoms with E-state index in [9.17, 15) is 14.4 Å². The van der Waals surface area contributed by atoms with Crippen molar-refractivity contribution in [2.45, 2.75) is 78.9 Å². The van der Waals surface area contributed by atoms with Gasteiger partial charge in [-0.25, -0.2) is 0 Å². The Labute approximate surface area is 200 Å². The molecule has 0 aliphatic carbocycles. The fraction of sp³-hybridized carbons (Fsp3) is 0.593. The Hall–Kier alpha value is -2.47. The van der Waals surface area contributed by atoms with Crippen LogP contribution in [0.3, 0.4) is 0 Å². The lowest BCUT2D eigenvalue weighted by molar-refractivity contribution is -0.140. The number of carbonyl (C=O) groups excluding carboxylic acids is 3. The number of allylic oxidation sites excluding steroid dienone is 1. The van der Waals surface area contributed by atoms with Crippen LogP contribution in [0.1, 0.15) is 61.0 Å². The summed E-state index contributed by atoms with van der Waals surface area (Å²) < 4.78 is 0. The molecule has 2 amide bonds. The Morgan fingerprint density at radius 3 is 1.97 bits per heavy atom. The SMILES string of the molecule is CN[C@H](C(=O)N[C@H](C(=O)N(C)[C@H](C=C(C)C=O)C(C)C)C(C)(C)C)C(C)(C)c1ccccc1. The first-order valence-electron chi connectivity index (χ1n) is 11.6.